The lowest BCUT2D eigenvalue weighted by molar-refractivity contribution is -0.141. The highest BCUT2D eigenvalue weighted by Crippen LogP contribution is 2.32. The number of H-pyrrole nitrogens is 1. The maximum absolute atomic E-state index is 14.0. The Kier molecular flexibility index (Phi) is 7.75. The van der Waals surface area contributed by atoms with Gasteiger partial charge in [0.1, 0.15) is 12.4 Å². The number of hydrogen-bond donors (Lipinski definition) is 3. The first-order valence-corrected chi connectivity index (χ1v) is 11.5. The lowest BCUT2D eigenvalue weighted by Gasteiger charge is -2.08. The highest BCUT2D eigenvalue weighted by molar-refractivity contribution is 5.94. The molecule has 1 aromatic heterocycles. The fourth-order valence-electron chi connectivity index (χ4n) is 3.99. The molecule has 8 heteroatoms. The minimum Gasteiger partial charge on any atom is -0.468 e. The number of fused-ring (bicyclic) bond motifs is 1. The van der Waals surface area contributed by atoms with Crippen LogP contribution in [0.4, 0.5) is 10.1 Å². The number of amides is 2. The number of nitrogens with one attached hydrogen (secondary N) is 3. The molecule has 7 nitrogen and oxygen atoms in total. The van der Waals surface area contributed by atoms with E-state index in [1.165, 1.54) is 19.2 Å². The predicted octanol–water partition coefficient (Wildman–Crippen LogP) is 4.38. The van der Waals surface area contributed by atoms with Crippen LogP contribution < -0.4 is 10.6 Å². The third-order valence-electron chi connectivity index (χ3n) is 5.79. The number of anilines is 1. The lowest BCUT2D eigenvalue weighted by atomic mass is 10.0. The molecule has 0 unspecified atom stereocenters. The minimum absolute atomic E-state index is 0.102. The molecule has 36 heavy (non-hydrogen) atoms. The molecule has 184 valence electrons. The van der Waals surface area contributed by atoms with Crippen molar-refractivity contribution in [3.8, 4) is 11.3 Å². The van der Waals surface area contributed by atoms with Gasteiger partial charge in [0.15, 0.2) is 0 Å². The van der Waals surface area contributed by atoms with E-state index in [4.69, 9.17) is 0 Å². The average Bonchev–Trinajstić information content (AvgIpc) is 3.25. The normalized spacial score (nSPS) is 10.7. The maximum Gasteiger partial charge on any atom is 0.325 e. The van der Waals surface area contributed by atoms with Crippen LogP contribution in [0.3, 0.4) is 0 Å². The van der Waals surface area contributed by atoms with E-state index >= 15 is 0 Å². The number of aromatic nitrogens is 1. The second-order valence-corrected chi connectivity index (χ2v) is 8.31. The van der Waals surface area contributed by atoms with Crippen molar-refractivity contribution in [2.45, 2.75) is 19.3 Å². The van der Waals surface area contributed by atoms with E-state index in [1.807, 2.05) is 30.3 Å². The number of benzene rings is 3. The zero-order chi connectivity index (χ0) is 25.5. The van der Waals surface area contributed by atoms with E-state index in [1.54, 1.807) is 30.3 Å². The van der Waals surface area contributed by atoms with Crippen molar-refractivity contribution in [2.24, 2.45) is 0 Å². The molecule has 0 aliphatic rings. The van der Waals surface area contributed by atoms with Gasteiger partial charge in [0, 0.05) is 28.7 Å². The van der Waals surface area contributed by atoms with Crippen molar-refractivity contribution in [1.29, 1.82) is 0 Å². The van der Waals surface area contributed by atoms with Crippen molar-refractivity contribution in [1.82, 2.24) is 10.3 Å². The minimum atomic E-state index is -0.518. The quantitative estimate of drug-likeness (QED) is 0.305. The fourth-order valence-corrected chi connectivity index (χ4v) is 3.99. The summed E-state index contributed by atoms with van der Waals surface area (Å²) in [6, 6.07) is 21.3. The van der Waals surface area contributed by atoms with Crippen molar-refractivity contribution in [3.63, 3.8) is 0 Å². The highest BCUT2D eigenvalue weighted by atomic mass is 19.1. The zero-order valence-corrected chi connectivity index (χ0v) is 19.8. The van der Waals surface area contributed by atoms with Crippen molar-refractivity contribution >= 4 is 34.4 Å². The van der Waals surface area contributed by atoms with Gasteiger partial charge in [0.05, 0.1) is 13.5 Å². The summed E-state index contributed by atoms with van der Waals surface area (Å²) in [7, 11) is 1.25. The molecule has 0 aliphatic heterocycles. The molecular formula is C28H26FN3O4. The van der Waals surface area contributed by atoms with Crippen molar-refractivity contribution in [3.05, 3.63) is 89.7 Å². The molecule has 3 aromatic carbocycles. The molecule has 3 N–H and O–H groups in total. The van der Waals surface area contributed by atoms with Gasteiger partial charge in [-0.1, -0.05) is 42.5 Å². The van der Waals surface area contributed by atoms with E-state index in [0.717, 1.165) is 33.3 Å². The SMILES string of the molecule is COC(=O)CNC(=O)Cc1ccc(NC(=O)CCc2c(-c3ccccc3)[nH]c3ccc(F)cc23)cc1. The molecule has 0 saturated carbocycles. The third kappa shape index (κ3) is 6.15. The molecule has 0 bridgehead atoms. The van der Waals surface area contributed by atoms with Gasteiger partial charge in [0.2, 0.25) is 11.8 Å². The summed E-state index contributed by atoms with van der Waals surface area (Å²) >= 11 is 0. The van der Waals surface area contributed by atoms with E-state index in [2.05, 4.69) is 20.4 Å². The Morgan fingerprint density at radius 3 is 2.42 bits per heavy atom. The van der Waals surface area contributed by atoms with Crippen LogP contribution >= 0.6 is 0 Å². The number of halogens is 1. The number of hydrogen-bond acceptors (Lipinski definition) is 4. The molecule has 0 radical (unpaired) electrons. The maximum atomic E-state index is 14.0. The van der Waals surface area contributed by atoms with Gasteiger partial charge in [-0.05, 0) is 53.4 Å². The number of ether oxygens (including phenoxy) is 1. The Morgan fingerprint density at radius 2 is 1.69 bits per heavy atom. The lowest BCUT2D eigenvalue weighted by Crippen LogP contribution is -2.31. The number of methoxy groups -OCH3 is 1. The number of aromatic amines is 1. The molecular weight excluding hydrogens is 461 g/mol. The van der Waals surface area contributed by atoms with Crippen LogP contribution in [0.2, 0.25) is 0 Å². The summed E-state index contributed by atoms with van der Waals surface area (Å²) in [5.41, 5.74) is 4.89. The summed E-state index contributed by atoms with van der Waals surface area (Å²) in [5.74, 6) is -1.33. The Hall–Kier alpha value is -4.46. The first kappa shape index (κ1) is 24.7. The van der Waals surface area contributed by atoms with Crippen LogP contribution in [-0.4, -0.2) is 36.4 Å². The molecule has 4 aromatic rings. The van der Waals surface area contributed by atoms with Crippen molar-refractivity contribution in [2.75, 3.05) is 19.0 Å². The Labute approximate surface area is 207 Å². The Bertz CT molecular complexity index is 1380. The number of aryl methyl sites for hydroxylation is 1. The van der Waals surface area contributed by atoms with E-state index in [9.17, 15) is 18.8 Å². The Balaban J connectivity index is 1.39. The zero-order valence-electron chi connectivity index (χ0n) is 19.8. The molecule has 0 atom stereocenters. The molecule has 0 spiro atoms. The van der Waals surface area contributed by atoms with Crippen LogP contribution in [0.15, 0.2) is 72.8 Å². The van der Waals surface area contributed by atoms with Crippen LogP contribution in [0.25, 0.3) is 22.2 Å². The van der Waals surface area contributed by atoms with Crippen LogP contribution in [-0.2, 0) is 32.0 Å². The molecule has 0 aliphatic carbocycles. The number of carbonyl (C=O) groups excluding carboxylic acids is 3. The first-order valence-electron chi connectivity index (χ1n) is 11.5. The van der Waals surface area contributed by atoms with Gasteiger partial charge in [0.25, 0.3) is 0 Å². The number of carbonyl (C=O) groups is 3. The largest absolute Gasteiger partial charge is 0.468 e. The predicted molar refractivity (Wildman–Crippen MR) is 136 cm³/mol. The van der Waals surface area contributed by atoms with Crippen molar-refractivity contribution < 1.29 is 23.5 Å². The molecule has 1 heterocycles. The summed E-state index contributed by atoms with van der Waals surface area (Å²) in [4.78, 5) is 39.1. The summed E-state index contributed by atoms with van der Waals surface area (Å²) in [6.45, 7) is -0.182. The average molecular weight is 488 g/mol. The first-order chi connectivity index (χ1) is 17.4. The smallest absolute Gasteiger partial charge is 0.325 e. The molecule has 4 rings (SSSR count). The second kappa shape index (κ2) is 11.3. The highest BCUT2D eigenvalue weighted by Gasteiger charge is 2.15. The number of rotatable bonds is 9. The van der Waals surface area contributed by atoms with E-state index < -0.39 is 5.97 Å². The number of esters is 1. The van der Waals surface area contributed by atoms with E-state index in [-0.39, 0.29) is 37.0 Å². The molecule has 0 fully saturated rings. The monoisotopic (exact) mass is 487 g/mol. The second-order valence-electron chi connectivity index (χ2n) is 8.31. The summed E-state index contributed by atoms with van der Waals surface area (Å²) in [5, 5.41) is 6.11. The Morgan fingerprint density at radius 1 is 0.944 bits per heavy atom. The fraction of sp³-hybridized carbons (Fsp3) is 0.179. The topological polar surface area (TPSA) is 100 Å². The summed E-state index contributed by atoms with van der Waals surface area (Å²) in [6.07, 6.45) is 0.740. The molecule has 0 saturated heterocycles. The van der Waals surface area contributed by atoms with Crippen LogP contribution in [0, 0.1) is 5.82 Å². The summed E-state index contributed by atoms with van der Waals surface area (Å²) < 4.78 is 18.5. The van der Waals surface area contributed by atoms with Gasteiger partial charge in [-0.15, -0.1) is 0 Å². The van der Waals surface area contributed by atoms with E-state index in [0.29, 0.717) is 12.1 Å². The van der Waals surface area contributed by atoms with Gasteiger partial charge in [-0.3, -0.25) is 14.4 Å². The van der Waals surface area contributed by atoms with Crippen LogP contribution in [0.5, 0.6) is 0 Å². The standard InChI is InChI=1S/C28H26FN3O4/c1-36-27(35)17-30-26(34)15-18-7-10-21(11-8-18)31-25(33)14-12-22-23-16-20(29)9-13-24(23)32-28(22)19-5-3-2-4-6-19/h2-11,13,16,32H,12,14-15,17H2,1H3,(H,30,34)(H,31,33). The van der Waals surface area contributed by atoms with Gasteiger partial charge in [-0.25, -0.2) is 4.39 Å². The van der Waals surface area contributed by atoms with Crippen LogP contribution in [0.1, 0.15) is 17.5 Å². The molecule has 2 amide bonds. The van der Waals surface area contributed by atoms with Gasteiger partial charge in [-0.2, -0.15) is 0 Å². The van der Waals surface area contributed by atoms with Gasteiger partial charge >= 0.3 is 5.97 Å². The van der Waals surface area contributed by atoms with Gasteiger partial charge < -0.3 is 20.4 Å². The third-order valence-corrected chi connectivity index (χ3v) is 5.79.